The quantitative estimate of drug-likeness (QED) is 0.415. The maximum atomic E-state index is 13.3. The SMILES string of the molecule is CNC(=O)NC(=O)C(C)Sc1nc2ccccc2c(=O)n1Cc1ccc(OC)c(OC)c1. The molecule has 0 fully saturated rings. The van der Waals surface area contributed by atoms with E-state index in [9.17, 15) is 14.4 Å². The number of hydrogen-bond donors (Lipinski definition) is 2. The van der Waals surface area contributed by atoms with Crippen LogP contribution in [0.5, 0.6) is 11.5 Å². The Bertz CT molecular complexity index is 1210. The Kier molecular flexibility index (Phi) is 7.37. The van der Waals surface area contributed by atoms with Crippen molar-refractivity contribution in [1.82, 2.24) is 20.2 Å². The van der Waals surface area contributed by atoms with Gasteiger partial charge in [-0.2, -0.15) is 0 Å². The van der Waals surface area contributed by atoms with Crippen LogP contribution in [0.2, 0.25) is 0 Å². The molecule has 0 saturated heterocycles. The number of methoxy groups -OCH3 is 2. The molecule has 1 atom stereocenters. The van der Waals surface area contributed by atoms with E-state index in [0.29, 0.717) is 27.6 Å². The summed E-state index contributed by atoms with van der Waals surface area (Å²) in [6.45, 7) is 1.86. The van der Waals surface area contributed by atoms with E-state index >= 15 is 0 Å². The molecule has 1 unspecified atom stereocenters. The third-order valence-corrected chi connectivity index (χ3v) is 5.82. The zero-order chi connectivity index (χ0) is 23.3. The lowest BCUT2D eigenvalue weighted by molar-refractivity contribution is -0.119. The standard InChI is InChI=1S/C22H24N4O5S/c1-13(19(27)25-21(29)23-2)32-22-24-16-8-6-5-7-15(16)20(28)26(22)12-14-9-10-17(30-3)18(11-14)31-4/h5-11,13H,12H2,1-4H3,(H2,23,25,27,29). The first-order valence-electron chi connectivity index (χ1n) is 9.77. The Hall–Kier alpha value is -3.53. The van der Waals surface area contributed by atoms with E-state index in [0.717, 1.165) is 17.3 Å². The minimum atomic E-state index is -0.669. The van der Waals surface area contributed by atoms with Crippen molar-refractivity contribution in [2.45, 2.75) is 23.9 Å². The summed E-state index contributed by atoms with van der Waals surface area (Å²) in [4.78, 5) is 41.7. The molecule has 3 rings (SSSR count). The summed E-state index contributed by atoms with van der Waals surface area (Å²) in [6, 6.07) is 11.8. The van der Waals surface area contributed by atoms with E-state index in [-0.39, 0.29) is 12.1 Å². The van der Waals surface area contributed by atoms with Crippen LogP contribution >= 0.6 is 11.8 Å². The van der Waals surface area contributed by atoms with Gasteiger partial charge in [0.15, 0.2) is 16.7 Å². The maximum Gasteiger partial charge on any atom is 0.321 e. The van der Waals surface area contributed by atoms with Crippen molar-refractivity contribution in [2.24, 2.45) is 0 Å². The number of amides is 3. The van der Waals surface area contributed by atoms with E-state index in [1.165, 1.54) is 11.6 Å². The van der Waals surface area contributed by atoms with Gasteiger partial charge in [-0.05, 0) is 36.8 Å². The second kappa shape index (κ2) is 10.2. The normalized spacial score (nSPS) is 11.6. The summed E-state index contributed by atoms with van der Waals surface area (Å²) in [6.07, 6.45) is 0. The summed E-state index contributed by atoms with van der Waals surface area (Å²) in [5.41, 5.74) is 1.10. The number of imide groups is 1. The highest BCUT2D eigenvalue weighted by atomic mass is 32.2. The van der Waals surface area contributed by atoms with Crippen LogP contribution in [0.1, 0.15) is 12.5 Å². The molecule has 32 heavy (non-hydrogen) atoms. The van der Waals surface area contributed by atoms with Crippen LogP contribution < -0.4 is 25.7 Å². The molecule has 1 aromatic heterocycles. The first-order valence-corrected chi connectivity index (χ1v) is 10.7. The fourth-order valence-electron chi connectivity index (χ4n) is 3.03. The zero-order valence-electron chi connectivity index (χ0n) is 18.2. The highest BCUT2D eigenvalue weighted by Gasteiger charge is 2.21. The number of carbonyl (C=O) groups is 2. The molecule has 3 aromatic rings. The lowest BCUT2D eigenvalue weighted by Gasteiger charge is -2.17. The number of thioether (sulfide) groups is 1. The van der Waals surface area contributed by atoms with Gasteiger partial charge < -0.3 is 14.8 Å². The van der Waals surface area contributed by atoms with Crippen LogP contribution in [0.3, 0.4) is 0 Å². The largest absolute Gasteiger partial charge is 0.493 e. The van der Waals surface area contributed by atoms with Gasteiger partial charge in [-0.3, -0.25) is 19.5 Å². The Morgan fingerprint density at radius 1 is 1.12 bits per heavy atom. The summed E-state index contributed by atoms with van der Waals surface area (Å²) < 4.78 is 12.2. The monoisotopic (exact) mass is 456 g/mol. The van der Waals surface area contributed by atoms with Crippen molar-refractivity contribution in [2.75, 3.05) is 21.3 Å². The number of rotatable bonds is 7. The first kappa shape index (κ1) is 23.1. The van der Waals surface area contributed by atoms with Gasteiger partial charge in [0, 0.05) is 7.05 Å². The van der Waals surface area contributed by atoms with E-state index in [1.54, 1.807) is 57.5 Å². The summed E-state index contributed by atoms with van der Waals surface area (Å²) in [7, 11) is 4.51. The van der Waals surface area contributed by atoms with Gasteiger partial charge in [-0.25, -0.2) is 9.78 Å². The number of ether oxygens (including phenoxy) is 2. The van der Waals surface area contributed by atoms with Crippen molar-refractivity contribution in [3.63, 3.8) is 0 Å². The molecule has 10 heteroatoms. The van der Waals surface area contributed by atoms with Crippen molar-refractivity contribution >= 4 is 34.6 Å². The Morgan fingerprint density at radius 3 is 2.53 bits per heavy atom. The molecule has 0 bridgehead atoms. The van der Waals surface area contributed by atoms with Crippen molar-refractivity contribution in [3.8, 4) is 11.5 Å². The second-order valence-electron chi connectivity index (χ2n) is 6.82. The van der Waals surface area contributed by atoms with Gasteiger partial charge in [0.25, 0.3) is 5.56 Å². The van der Waals surface area contributed by atoms with Gasteiger partial charge in [0.2, 0.25) is 5.91 Å². The average molecular weight is 457 g/mol. The molecule has 0 aliphatic heterocycles. The molecule has 2 N–H and O–H groups in total. The Morgan fingerprint density at radius 2 is 1.84 bits per heavy atom. The van der Waals surface area contributed by atoms with Crippen LogP contribution in [-0.4, -0.2) is 48.0 Å². The molecular formula is C22H24N4O5S. The number of fused-ring (bicyclic) bond motifs is 1. The summed E-state index contributed by atoms with van der Waals surface area (Å²) in [5, 5.41) is 4.75. The minimum absolute atomic E-state index is 0.211. The molecule has 0 aliphatic carbocycles. The summed E-state index contributed by atoms with van der Waals surface area (Å²) >= 11 is 1.10. The van der Waals surface area contributed by atoms with Gasteiger partial charge in [-0.15, -0.1) is 0 Å². The van der Waals surface area contributed by atoms with Crippen molar-refractivity contribution in [1.29, 1.82) is 0 Å². The van der Waals surface area contributed by atoms with Crippen LogP contribution in [0.15, 0.2) is 52.4 Å². The molecule has 0 spiro atoms. The van der Waals surface area contributed by atoms with Crippen LogP contribution in [0, 0.1) is 0 Å². The van der Waals surface area contributed by atoms with Crippen molar-refractivity contribution in [3.05, 3.63) is 58.4 Å². The lowest BCUT2D eigenvalue weighted by atomic mass is 10.2. The molecule has 0 radical (unpaired) electrons. The van der Waals surface area contributed by atoms with Crippen LogP contribution in [0.25, 0.3) is 10.9 Å². The molecule has 9 nitrogen and oxygen atoms in total. The third-order valence-electron chi connectivity index (χ3n) is 4.73. The number of carbonyl (C=O) groups excluding carboxylic acids is 2. The number of benzene rings is 2. The molecule has 0 aliphatic rings. The molecule has 168 valence electrons. The first-order chi connectivity index (χ1) is 15.4. The smallest absolute Gasteiger partial charge is 0.321 e. The average Bonchev–Trinajstić information content (AvgIpc) is 2.81. The fourth-order valence-corrected chi connectivity index (χ4v) is 3.93. The fraction of sp³-hybridized carbons (Fsp3) is 0.273. The number of nitrogens with zero attached hydrogens (tertiary/aromatic N) is 2. The number of para-hydroxylation sites is 1. The molecule has 2 aromatic carbocycles. The van der Waals surface area contributed by atoms with Crippen LogP contribution in [0.4, 0.5) is 4.79 Å². The summed E-state index contributed by atoms with van der Waals surface area (Å²) in [5.74, 6) is 0.628. The maximum absolute atomic E-state index is 13.3. The number of hydrogen-bond acceptors (Lipinski definition) is 7. The van der Waals surface area contributed by atoms with Gasteiger partial charge in [0.05, 0.1) is 36.9 Å². The van der Waals surface area contributed by atoms with E-state index in [4.69, 9.17) is 9.47 Å². The van der Waals surface area contributed by atoms with Gasteiger partial charge >= 0.3 is 6.03 Å². The molecule has 0 saturated carbocycles. The molecular weight excluding hydrogens is 432 g/mol. The topological polar surface area (TPSA) is 112 Å². The zero-order valence-corrected chi connectivity index (χ0v) is 19.0. The van der Waals surface area contributed by atoms with E-state index < -0.39 is 17.2 Å². The molecule has 1 heterocycles. The Balaban J connectivity index is 2.02. The minimum Gasteiger partial charge on any atom is -0.493 e. The number of aromatic nitrogens is 2. The number of nitrogens with one attached hydrogen (secondary N) is 2. The van der Waals surface area contributed by atoms with Gasteiger partial charge in [-0.1, -0.05) is 30.0 Å². The predicted octanol–water partition coefficient (Wildman–Crippen LogP) is 2.40. The molecule has 3 amide bonds. The highest BCUT2D eigenvalue weighted by Crippen LogP contribution is 2.29. The van der Waals surface area contributed by atoms with Gasteiger partial charge in [0.1, 0.15) is 0 Å². The Labute approximate surface area is 189 Å². The predicted molar refractivity (Wildman–Crippen MR) is 123 cm³/mol. The lowest BCUT2D eigenvalue weighted by Crippen LogP contribution is -2.41. The van der Waals surface area contributed by atoms with E-state index in [1.807, 2.05) is 6.07 Å². The van der Waals surface area contributed by atoms with Crippen LogP contribution in [-0.2, 0) is 11.3 Å². The van der Waals surface area contributed by atoms with E-state index in [2.05, 4.69) is 15.6 Å². The number of urea groups is 1. The highest BCUT2D eigenvalue weighted by molar-refractivity contribution is 8.00. The third kappa shape index (κ3) is 5.02. The van der Waals surface area contributed by atoms with Crippen molar-refractivity contribution < 1.29 is 19.1 Å². The second-order valence-corrected chi connectivity index (χ2v) is 8.13.